The SMILES string of the molecule is C=CC(=O)N1CCC(c2nc(C)cc(Oc3cccc(C(F)(F)F)c3)n2)CC1. The summed E-state index contributed by atoms with van der Waals surface area (Å²) in [6.07, 6.45) is -1.74. The Balaban J connectivity index is 1.76. The van der Waals surface area contributed by atoms with Crippen LogP contribution in [0.1, 0.15) is 35.8 Å². The van der Waals surface area contributed by atoms with E-state index in [0.29, 0.717) is 37.4 Å². The summed E-state index contributed by atoms with van der Waals surface area (Å²) in [6, 6.07) is 6.25. The minimum absolute atomic E-state index is 0.0534. The molecule has 8 heteroatoms. The molecule has 2 aromatic rings. The summed E-state index contributed by atoms with van der Waals surface area (Å²) in [6.45, 7) is 6.43. The number of piperidine rings is 1. The van der Waals surface area contributed by atoms with Crippen molar-refractivity contribution in [3.8, 4) is 11.6 Å². The molecule has 1 aliphatic heterocycles. The zero-order chi connectivity index (χ0) is 20.3. The Hall–Kier alpha value is -2.90. The summed E-state index contributed by atoms with van der Waals surface area (Å²) in [4.78, 5) is 22.3. The van der Waals surface area contributed by atoms with Gasteiger partial charge >= 0.3 is 6.18 Å². The molecule has 0 saturated carbocycles. The molecule has 1 saturated heterocycles. The molecule has 0 atom stereocenters. The first-order valence-electron chi connectivity index (χ1n) is 8.88. The summed E-state index contributed by atoms with van der Waals surface area (Å²) in [5, 5.41) is 0. The summed E-state index contributed by atoms with van der Waals surface area (Å²) < 4.78 is 44.2. The lowest BCUT2D eigenvalue weighted by molar-refractivity contribution is -0.137. The predicted molar refractivity (Wildman–Crippen MR) is 97.0 cm³/mol. The van der Waals surface area contributed by atoms with Crippen molar-refractivity contribution in [3.05, 3.63) is 60.1 Å². The quantitative estimate of drug-likeness (QED) is 0.721. The number of nitrogens with zero attached hydrogens (tertiary/aromatic N) is 3. The van der Waals surface area contributed by atoms with Gasteiger partial charge in [0.2, 0.25) is 11.8 Å². The normalized spacial score (nSPS) is 15.4. The predicted octanol–water partition coefficient (Wildman–Crippen LogP) is 4.49. The maximum atomic E-state index is 12.9. The van der Waals surface area contributed by atoms with Crippen LogP contribution in [-0.4, -0.2) is 33.9 Å². The Bertz CT molecular complexity index is 875. The van der Waals surface area contributed by atoms with E-state index in [2.05, 4.69) is 16.5 Å². The van der Waals surface area contributed by atoms with Gasteiger partial charge in [-0.15, -0.1) is 0 Å². The third kappa shape index (κ3) is 4.68. The number of aromatic nitrogens is 2. The maximum absolute atomic E-state index is 12.9. The van der Waals surface area contributed by atoms with Crippen LogP contribution in [0.2, 0.25) is 0 Å². The molecule has 1 fully saturated rings. The molecule has 2 heterocycles. The lowest BCUT2D eigenvalue weighted by atomic mass is 9.96. The van der Waals surface area contributed by atoms with E-state index in [1.165, 1.54) is 18.2 Å². The van der Waals surface area contributed by atoms with Gasteiger partial charge in [0, 0.05) is 30.8 Å². The molecule has 0 radical (unpaired) electrons. The number of likely N-dealkylation sites (tertiary alicyclic amines) is 1. The molecule has 1 aliphatic rings. The number of aryl methyl sites for hydroxylation is 1. The van der Waals surface area contributed by atoms with Crippen molar-refractivity contribution in [1.82, 2.24) is 14.9 Å². The first-order valence-corrected chi connectivity index (χ1v) is 8.88. The maximum Gasteiger partial charge on any atom is 0.416 e. The zero-order valence-electron chi connectivity index (χ0n) is 15.4. The molecule has 5 nitrogen and oxygen atoms in total. The summed E-state index contributed by atoms with van der Waals surface area (Å²) >= 11 is 0. The highest BCUT2D eigenvalue weighted by atomic mass is 19.4. The minimum atomic E-state index is -4.44. The van der Waals surface area contributed by atoms with Crippen molar-refractivity contribution in [2.75, 3.05) is 13.1 Å². The molecule has 1 aromatic carbocycles. The van der Waals surface area contributed by atoms with Crippen LogP contribution in [0.3, 0.4) is 0 Å². The van der Waals surface area contributed by atoms with E-state index in [1.807, 2.05) is 0 Å². The molecule has 0 unspecified atom stereocenters. The molecule has 0 bridgehead atoms. The number of amides is 1. The van der Waals surface area contributed by atoms with Crippen molar-refractivity contribution in [3.63, 3.8) is 0 Å². The number of hydrogen-bond donors (Lipinski definition) is 0. The van der Waals surface area contributed by atoms with Crippen LogP contribution < -0.4 is 4.74 Å². The highest BCUT2D eigenvalue weighted by molar-refractivity contribution is 5.87. The molecule has 3 rings (SSSR count). The standard InChI is InChI=1S/C20H20F3N3O2/c1-3-18(27)26-9-7-14(8-10-26)19-24-13(2)11-17(25-19)28-16-6-4-5-15(12-16)20(21,22)23/h3-6,11-12,14H,1,7-10H2,2H3. The van der Waals surface area contributed by atoms with Crippen LogP contribution in [-0.2, 0) is 11.0 Å². The van der Waals surface area contributed by atoms with E-state index in [1.54, 1.807) is 17.9 Å². The third-order valence-corrected chi connectivity index (χ3v) is 4.58. The van der Waals surface area contributed by atoms with E-state index in [9.17, 15) is 18.0 Å². The Labute approximate surface area is 160 Å². The van der Waals surface area contributed by atoms with Gasteiger partial charge < -0.3 is 9.64 Å². The van der Waals surface area contributed by atoms with Gasteiger partial charge in [-0.25, -0.2) is 4.98 Å². The fraction of sp³-hybridized carbons (Fsp3) is 0.350. The molecular weight excluding hydrogens is 371 g/mol. The van der Waals surface area contributed by atoms with E-state index < -0.39 is 11.7 Å². The van der Waals surface area contributed by atoms with Crippen LogP contribution in [0.5, 0.6) is 11.6 Å². The first-order chi connectivity index (χ1) is 13.3. The second kappa shape index (κ2) is 8.00. The Morgan fingerprint density at radius 2 is 1.96 bits per heavy atom. The molecule has 1 amide bonds. The van der Waals surface area contributed by atoms with Crippen molar-refractivity contribution in [1.29, 1.82) is 0 Å². The van der Waals surface area contributed by atoms with Gasteiger partial charge in [-0.1, -0.05) is 12.6 Å². The van der Waals surface area contributed by atoms with Gasteiger partial charge in [-0.2, -0.15) is 18.2 Å². The molecular formula is C20H20F3N3O2. The average Bonchev–Trinajstić information content (AvgIpc) is 2.66. The highest BCUT2D eigenvalue weighted by Gasteiger charge is 2.31. The Morgan fingerprint density at radius 1 is 1.25 bits per heavy atom. The summed E-state index contributed by atoms with van der Waals surface area (Å²) in [5.74, 6) is 0.791. The van der Waals surface area contributed by atoms with Crippen LogP contribution in [0.4, 0.5) is 13.2 Å². The Morgan fingerprint density at radius 3 is 2.61 bits per heavy atom. The molecule has 1 aromatic heterocycles. The Kier molecular flexibility index (Phi) is 5.67. The van der Waals surface area contributed by atoms with Gasteiger partial charge in [0.05, 0.1) is 5.56 Å². The number of carbonyl (C=O) groups is 1. The topological polar surface area (TPSA) is 55.3 Å². The van der Waals surface area contributed by atoms with E-state index in [4.69, 9.17) is 4.74 Å². The largest absolute Gasteiger partial charge is 0.439 e. The minimum Gasteiger partial charge on any atom is -0.439 e. The number of hydrogen-bond acceptors (Lipinski definition) is 4. The van der Waals surface area contributed by atoms with Crippen LogP contribution in [0, 0.1) is 6.92 Å². The second-order valence-corrected chi connectivity index (χ2v) is 6.64. The van der Waals surface area contributed by atoms with E-state index in [-0.39, 0.29) is 23.5 Å². The van der Waals surface area contributed by atoms with Crippen LogP contribution in [0.25, 0.3) is 0 Å². The van der Waals surface area contributed by atoms with Gasteiger partial charge in [-0.3, -0.25) is 4.79 Å². The fourth-order valence-electron chi connectivity index (χ4n) is 3.14. The number of halogens is 3. The summed E-state index contributed by atoms with van der Waals surface area (Å²) in [7, 11) is 0. The van der Waals surface area contributed by atoms with Crippen molar-refractivity contribution in [2.24, 2.45) is 0 Å². The molecule has 0 aliphatic carbocycles. The van der Waals surface area contributed by atoms with Crippen LogP contribution >= 0.6 is 0 Å². The number of carbonyl (C=O) groups excluding carboxylic acids is 1. The van der Waals surface area contributed by atoms with E-state index >= 15 is 0 Å². The van der Waals surface area contributed by atoms with Gasteiger partial charge in [0.15, 0.2) is 0 Å². The van der Waals surface area contributed by atoms with Gasteiger partial charge in [0.25, 0.3) is 0 Å². The van der Waals surface area contributed by atoms with Crippen molar-refractivity contribution in [2.45, 2.75) is 31.9 Å². The molecule has 0 N–H and O–H groups in total. The molecule has 28 heavy (non-hydrogen) atoms. The number of ether oxygens (including phenoxy) is 1. The van der Waals surface area contributed by atoms with Crippen molar-refractivity contribution >= 4 is 5.91 Å². The van der Waals surface area contributed by atoms with E-state index in [0.717, 1.165) is 12.1 Å². The fourth-order valence-corrected chi connectivity index (χ4v) is 3.14. The van der Waals surface area contributed by atoms with Crippen LogP contribution in [0.15, 0.2) is 43.0 Å². The van der Waals surface area contributed by atoms with Gasteiger partial charge in [0.1, 0.15) is 11.6 Å². The number of rotatable bonds is 4. The number of alkyl halides is 3. The monoisotopic (exact) mass is 391 g/mol. The lowest BCUT2D eigenvalue weighted by Crippen LogP contribution is -2.37. The first kappa shape index (κ1) is 19.9. The second-order valence-electron chi connectivity index (χ2n) is 6.64. The third-order valence-electron chi connectivity index (χ3n) is 4.58. The summed E-state index contributed by atoms with van der Waals surface area (Å²) in [5.41, 5.74) is -0.119. The smallest absolute Gasteiger partial charge is 0.416 e. The average molecular weight is 391 g/mol. The lowest BCUT2D eigenvalue weighted by Gasteiger charge is -2.30. The van der Waals surface area contributed by atoms with Crippen molar-refractivity contribution < 1.29 is 22.7 Å². The number of benzene rings is 1. The van der Waals surface area contributed by atoms with Gasteiger partial charge in [-0.05, 0) is 44.0 Å². The zero-order valence-corrected chi connectivity index (χ0v) is 15.4. The molecule has 0 spiro atoms. The highest BCUT2D eigenvalue weighted by Crippen LogP contribution is 2.33. The molecule has 148 valence electrons.